The van der Waals surface area contributed by atoms with Gasteiger partial charge in [-0.25, -0.2) is 0 Å². The zero-order valence-electron chi connectivity index (χ0n) is 18.1. The molecule has 0 radical (unpaired) electrons. The van der Waals surface area contributed by atoms with Gasteiger partial charge in [-0.1, -0.05) is 48.8 Å². The van der Waals surface area contributed by atoms with E-state index in [2.05, 4.69) is 41.5 Å². The Balaban J connectivity index is 1.45. The third kappa shape index (κ3) is 5.69. The quantitative estimate of drug-likeness (QED) is 0.696. The first-order chi connectivity index (χ1) is 14.4. The van der Waals surface area contributed by atoms with Gasteiger partial charge < -0.3 is 15.2 Å². The fraction of sp³-hybridized carbons (Fsp3) is 0.522. The maximum absolute atomic E-state index is 12.3. The van der Waals surface area contributed by atoms with Gasteiger partial charge in [-0.3, -0.25) is 14.5 Å². The summed E-state index contributed by atoms with van der Waals surface area (Å²) in [6.07, 6.45) is 3.68. The van der Waals surface area contributed by atoms with Crippen molar-refractivity contribution >= 4 is 11.8 Å². The van der Waals surface area contributed by atoms with Crippen LogP contribution in [0.1, 0.15) is 50.5 Å². The number of likely N-dealkylation sites (tertiary alicyclic amines) is 1. The van der Waals surface area contributed by atoms with Crippen LogP contribution >= 0.6 is 0 Å². The number of amides is 2. The first-order valence-electron chi connectivity index (χ1n) is 10.7. The van der Waals surface area contributed by atoms with Crippen molar-refractivity contribution in [2.75, 3.05) is 26.2 Å². The molecule has 1 atom stereocenters. The van der Waals surface area contributed by atoms with Gasteiger partial charge in [0.15, 0.2) is 11.5 Å². The Hall–Kier alpha value is -2.67. The molecular formula is C23H32N4O3. The highest BCUT2D eigenvalue weighted by Gasteiger charge is 2.31. The van der Waals surface area contributed by atoms with E-state index < -0.39 is 5.91 Å². The van der Waals surface area contributed by atoms with Gasteiger partial charge in [0.25, 0.3) is 5.91 Å². The number of benzene rings is 1. The van der Waals surface area contributed by atoms with Crippen LogP contribution < -0.4 is 10.6 Å². The standard InChI is InChI=1S/C23H32N4O3/c1-4-17-9-8-12-27(15-17)23(2,3)16-25-21(28)14-24-22(29)19-13-20(30-26-19)18-10-6-5-7-11-18/h5-7,10-11,13,17H,4,8-9,12,14-16H2,1-3H3,(H,24,29)(H,25,28). The SMILES string of the molecule is CCC1CCCN(C(C)(C)CNC(=O)CNC(=O)c2cc(-c3ccccc3)on2)C1. The molecule has 1 aromatic heterocycles. The predicted molar refractivity (Wildman–Crippen MR) is 116 cm³/mol. The normalized spacial score (nSPS) is 17.5. The molecule has 2 aromatic rings. The van der Waals surface area contributed by atoms with E-state index in [0.717, 1.165) is 24.6 Å². The van der Waals surface area contributed by atoms with Crippen molar-refractivity contribution in [3.05, 3.63) is 42.1 Å². The summed E-state index contributed by atoms with van der Waals surface area (Å²) in [4.78, 5) is 27.0. The number of piperidine rings is 1. The molecule has 2 amide bonds. The second kappa shape index (κ2) is 9.89. The van der Waals surface area contributed by atoms with Crippen LogP contribution in [-0.2, 0) is 4.79 Å². The lowest BCUT2D eigenvalue weighted by atomic mass is 9.91. The highest BCUT2D eigenvalue weighted by atomic mass is 16.5. The van der Waals surface area contributed by atoms with Crippen molar-refractivity contribution in [2.45, 2.75) is 45.6 Å². The summed E-state index contributed by atoms with van der Waals surface area (Å²) >= 11 is 0. The lowest BCUT2D eigenvalue weighted by Gasteiger charge is -2.43. The number of carbonyl (C=O) groups is 2. The zero-order valence-corrected chi connectivity index (χ0v) is 18.1. The van der Waals surface area contributed by atoms with Gasteiger partial charge in [0, 0.05) is 30.3 Å². The van der Waals surface area contributed by atoms with Crippen molar-refractivity contribution in [1.82, 2.24) is 20.7 Å². The molecule has 2 N–H and O–H groups in total. The third-order valence-corrected chi connectivity index (χ3v) is 5.88. The number of carbonyl (C=O) groups excluding carboxylic acids is 2. The number of aromatic nitrogens is 1. The Morgan fingerprint density at radius 3 is 2.73 bits per heavy atom. The van der Waals surface area contributed by atoms with E-state index in [9.17, 15) is 9.59 Å². The molecule has 1 unspecified atom stereocenters. The minimum atomic E-state index is -0.433. The van der Waals surface area contributed by atoms with Gasteiger partial charge >= 0.3 is 0 Å². The summed E-state index contributed by atoms with van der Waals surface area (Å²) in [6, 6.07) is 11.0. The van der Waals surface area contributed by atoms with Crippen molar-refractivity contribution in [3.8, 4) is 11.3 Å². The lowest BCUT2D eigenvalue weighted by Crippen LogP contribution is -2.55. The Bertz CT molecular complexity index is 847. The molecule has 1 aliphatic rings. The molecule has 1 aromatic carbocycles. The zero-order chi connectivity index (χ0) is 21.6. The van der Waals surface area contributed by atoms with Gasteiger partial charge in [-0.2, -0.15) is 0 Å². The van der Waals surface area contributed by atoms with Gasteiger partial charge in [-0.15, -0.1) is 0 Å². The van der Waals surface area contributed by atoms with Crippen LogP contribution in [0.5, 0.6) is 0 Å². The van der Waals surface area contributed by atoms with Crippen LogP contribution in [0.4, 0.5) is 0 Å². The van der Waals surface area contributed by atoms with Crippen LogP contribution in [0.15, 0.2) is 40.9 Å². The third-order valence-electron chi connectivity index (χ3n) is 5.88. The molecule has 0 bridgehead atoms. The van der Waals surface area contributed by atoms with Crippen molar-refractivity contribution in [2.24, 2.45) is 5.92 Å². The number of nitrogens with one attached hydrogen (secondary N) is 2. The topological polar surface area (TPSA) is 87.5 Å². The van der Waals surface area contributed by atoms with E-state index in [1.807, 2.05) is 30.3 Å². The Kier molecular flexibility index (Phi) is 7.26. The number of hydrogen-bond donors (Lipinski definition) is 2. The largest absolute Gasteiger partial charge is 0.355 e. The summed E-state index contributed by atoms with van der Waals surface area (Å²) in [5, 5.41) is 9.37. The maximum atomic E-state index is 12.3. The highest BCUT2D eigenvalue weighted by Crippen LogP contribution is 2.25. The van der Waals surface area contributed by atoms with Crippen LogP contribution in [-0.4, -0.2) is 53.6 Å². The average molecular weight is 413 g/mol. The second-order valence-electron chi connectivity index (χ2n) is 8.58. The number of nitrogens with zero attached hydrogens (tertiary/aromatic N) is 2. The van der Waals surface area contributed by atoms with E-state index in [1.165, 1.54) is 19.3 Å². The fourth-order valence-corrected chi connectivity index (χ4v) is 3.81. The van der Waals surface area contributed by atoms with E-state index in [4.69, 9.17) is 4.52 Å². The smallest absolute Gasteiger partial charge is 0.273 e. The van der Waals surface area contributed by atoms with E-state index in [0.29, 0.717) is 12.3 Å². The molecule has 1 saturated heterocycles. The first kappa shape index (κ1) is 22.0. The van der Waals surface area contributed by atoms with Crippen molar-refractivity contribution < 1.29 is 14.1 Å². The molecule has 3 rings (SSSR count). The Morgan fingerprint density at radius 1 is 1.23 bits per heavy atom. The maximum Gasteiger partial charge on any atom is 0.273 e. The van der Waals surface area contributed by atoms with Crippen molar-refractivity contribution in [1.29, 1.82) is 0 Å². The Morgan fingerprint density at radius 2 is 2.00 bits per heavy atom. The minimum Gasteiger partial charge on any atom is -0.355 e. The van der Waals surface area contributed by atoms with Crippen LogP contribution in [0.2, 0.25) is 0 Å². The van der Waals surface area contributed by atoms with Gasteiger partial charge in [0.1, 0.15) is 0 Å². The molecule has 30 heavy (non-hydrogen) atoms. The number of rotatable bonds is 8. The van der Waals surface area contributed by atoms with Crippen LogP contribution in [0, 0.1) is 5.92 Å². The molecule has 2 heterocycles. The first-order valence-corrected chi connectivity index (χ1v) is 10.7. The summed E-state index contributed by atoms with van der Waals surface area (Å²) in [7, 11) is 0. The molecule has 1 aliphatic heterocycles. The van der Waals surface area contributed by atoms with Gasteiger partial charge in [0.05, 0.1) is 6.54 Å². The molecule has 7 heteroatoms. The van der Waals surface area contributed by atoms with Crippen molar-refractivity contribution in [3.63, 3.8) is 0 Å². The van der Waals surface area contributed by atoms with Gasteiger partial charge in [-0.05, 0) is 39.2 Å². The van der Waals surface area contributed by atoms with Gasteiger partial charge in [0.2, 0.25) is 5.91 Å². The predicted octanol–water partition coefficient (Wildman–Crippen LogP) is 3.09. The molecule has 162 valence electrons. The minimum absolute atomic E-state index is 0.0972. The monoisotopic (exact) mass is 412 g/mol. The molecule has 0 aliphatic carbocycles. The van der Waals surface area contributed by atoms with E-state index in [1.54, 1.807) is 6.07 Å². The van der Waals surface area contributed by atoms with E-state index in [-0.39, 0.29) is 23.7 Å². The summed E-state index contributed by atoms with van der Waals surface area (Å²) < 4.78 is 5.24. The van der Waals surface area contributed by atoms with Crippen LogP contribution in [0.3, 0.4) is 0 Å². The second-order valence-corrected chi connectivity index (χ2v) is 8.58. The average Bonchev–Trinajstić information content (AvgIpc) is 3.27. The Labute approximate surface area is 178 Å². The molecule has 0 saturated carbocycles. The van der Waals surface area contributed by atoms with E-state index >= 15 is 0 Å². The molecule has 7 nitrogen and oxygen atoms in total. The lowest BCUT2D eigenvalue weighted by molar-refractivity contribution is -0.120. The fourth-order valence-electron chi connectivity index (χ4n) is 3.81. The molecule has 0 spiro atoms. The number of hydrogen-bond acceptors (Lipinski definition) is 5. The summed E-state index contributed by atoms with van der Waals surface area (Å²) in [5.74, 6) is 0.597. The summed E-state index contributed by atoms with van der Waals surface area (Å²) in [6.45, 7) is 9.14. The van der Waals surface area contributed by atoms with Crippen LogP contribution in [0.25, 0.3) is 11.3 Å². The summed E-state index contributed by atoms with van der Waals surface area (Å²) in [5.41, 5.74) is 0.873. The molecule has 1 fully saturated rings. The highest BCUT2D eigenvalue weighted by molar-refractivity contribution is 5.95. The molecular weight excluding hydrogens is 380 g/mol.